The van der Waals surface area contributed by atoms with E-state index >= 15 is 0 Å². The van der Waals surface area contributed by atoms with Crippen LogP contribution in [0.25, 0.3) is 0 Å². The maximum Gasteiger partial charge on any atom is 0.0494 e. The third-order valence-corrected chi connectivity index (χ3v) is 2.50. The van der Waals surface area contributed by atoms with E-state index in [2.05, 4.69) is 43.2 Å². The van der Waals surface area contributed by atoms with E-state index < -0.39 is 0 Å². The van der Waals surface area contributed by atoms with Crippen molar-refractivity contribution in [2.45, 2.75) is 32.2 Å². The second-order valence-electron chi connectivity index (χ2n) is 3.74. The van der Waals surface area contributed by atoms with Crippen LogP contribution in [-0.4, -0.2) is 0 Å². The minimum atomic E-state index is 0.180. The van der Waals surface area contributed by atoms with Crippen molar-refractivity contribution < 1.29 is 0 Å². The summed E-state index contributed by atoms with van der Waals surface area (Å²) in [7, 11) is 0. The smallest absolute Gasteiger partial charge is 0.0494 e. The van der Waals surface area contributed by atoms with Gasteiger partial charge in [0.25, 0.3) is 0 Å². The second-order valence-corrected chi connectivity index (χ2v) is 3.74. The number of aryl methyl sites for hydroxylation is 1. The average Bonchev–Trinajstić information content (AvgIpc) is 2.27. The van der Waals surface area contributed by atoms with Gasteiger partial charge in [-0.3, -0.25) is 11.3 Å². The van der Waals surface area contributed by atoms with Crippen LogP contribution < -0.4 is 11.3 Å². The van der Waals surface area contributed by atoms with Crippen molar-refractivity contribution in [3.05, 3.63) is 48.0 Å². The lowest BCUT2D eigenvalue weighted by molar-refractivity contribution is 0.561. The Morgan fingerprint density at radius 1 is 1.53 bits per heavy atom. The highest BCUT2D eigenvalue weighted by molar-refractivity contribution is 5.26. The standard InChI is InChI=1S/C13H20N2/c1-3-6-11-8-5-9-12(10-11)13(15-14)7-4-2/h4-5,8-10,13,15H,2-3,6-7,14H2,1H3. The summed E-state index contributed by atoms with van der Waals surface area (Å²) in [5.74, 6) is 5.52. The van der Waals surface area contributed by atoms with Gasteiger partial charge in [0.1, 0.15) is 0 Å². The first-order valence-electron chi connectivity index (χ1n) is 5.47. The van der Waals surface area contributed by atoms with Gasteiger partial charge >= 0.3 is 0 Å². The van der Waals surface area contributed by atoms with Gasteiger partial charge in [-0.25, -0.2) is 0 Å². The van der Waals surface area contributed by atoms with Gasteiger partial charge < -0.3 is 0 Å². The Morgan fingerprint density at radius 3 is 2.93 bits per heavy atom. The Balaban J connectivity index is 2.81. The number of nitrogens with two attached hydrogens (primary N) is 1. The van der Waals surface area contributed by atoms with Crippen molar-refractivity contribution in [3.63, 3.8) is 0 Å². The number of hydrazine groups is 1. The number of hydrogen-bond acceptors (Lipinski definition) is 2. The molecule has 0 fully saturated rings. The molecule has 1 rings (SSSR count). The molecule has 0 saturated carbocycles. The van der Waals surface area contributed by atoms with E-state index in [0.717, 1.165) is 12.8 Å². The molecule has 0 aliphatic carbocycles. The predicted octanol–water partition coefficient (Wildman–Crippen LogP) is 2.72. The molecular weight excluding hydrogens is 184 g/mol. The molecule has 82 valence electrons. The van der Waals surface area contributed by atoms with Crippen LogP contribution in [0, 0.1) is 0 Å². The quantitative estimate of drug-likeness (QED) is 0.425. The fraction of sp³-hybridized carbons (Fsp3) is 0.385. The minimum Gasteiger partial charge on any atom is -0.271 e. The van der Waals surface area contributed by atoms with Crippen molar-refractivity contribution in [2.75, 3.05) is 0 Å². The zero-order valence-electron chi connectivity index (χ0n) is 9.37. The molecule has 0 aliphatic rings. The molecule has 1 unspecified atom stereocenters. The predicted molar refractivity (Wildman–Crippen MR) is 65.3 cm³/mol. The summed E-state index contributed by atoms with van der Waals surface area (Å²) < 4.78 is 0. The molecule has 0 aliphatic heterocycles. The number of nitrogens with one attached hydrogen (secondary N) is 1. The second kappa shape index (κ2) is 6.38. The molecule has 0 radical (unpaired) electrons. The molecule has 0 aromatic heterocycles. The number of rotatable bonds is 6. The highest BCUT2D eigenvalue weighted by Crippen LogP contribution is 2.18. The molecule has 2 nitrogen and oxygen atoms in total. The SMILES string of the molecule is C=CCC(NN)c1cccc(CCC)c1. The molecule has 3 N–H and O–H groups in total. The topological polar surface area (TPSA) is 38.0 Å². The van der Waals surface area contributed by atoms with Crippen LogP contribution in [0.5, 0.6) is 0 Å². The maximum atomic E-state index is 5.52. The number of hydrogen-bond donors (Lipinski definition) is 2. The van der Waals surface area contributed by atoms with E-state index in [1.165, 1.54) is 17.5 Å². The molecule has 1 atom stereocenters. The van der Waals surface area contributed by atoms with E-state index in [0.29, 0.717) is 0 Å². The fourth-order valence-corrected chi connectivity index (χ4v) is 1.72. The lowest BCUT2D eigenvalue weighted by Crippen LogP contribution is -2.27. The average molecular weight is 204 g/mol. The van der Waals surface area contributed by atoms with Crippen LogP contribution >= 0.6 is 0 Å². The molecule has 15 heavy (non-hydrogen) atoms. The summed E-state index contributed by atoms with van der Waals surface area (Å²) in [6.45, 7) is 5.93. The third-order valence-electron chi connectivity index (χ3n) is 2.50. The third kappa shape index (κ3) is 3.50. The van der Waals surface area contributed by atoms with Gasteiger partial charge in [-0.2, -0.15) is 0 Å². The van der Waals surface area contributed by atoms with E-state index in [4.69, 9.17) is 5.84 Å². The highest BCUT2D eigenvalue weighted by atomic mass is 15.2. The maximum absolute atomic E-state index is 5.52. The Hall–Kier alpha value is -1.12. The van der Waals surface area contributed by atoms with Gasteiger partial charge in [-0.1, -0.05) is 43.7 Å². The van der Waals surface area contributed by atoms with E-state index in [1.54, 1.807) is 0 Å². The summed E-state index contributed by atoms with van der Waals surface area (Å²) in [6, 6.07) is 8.76. The Labute approximate surface area is 92.2 Å². The highest BCUT2D eigenvalue weighted by Gasteiger charge is 2.07. The summed E-state index contributed by atoms with van der Waals surface area (Å²) in [6.07, 6.45) is 5.04. The van der Waals surface area contributed by atoms with Crippen molar-refractivity contribution in [3.8, 4) is 0 Å². The van der Waals surface area contributed by atoms with Crippen LogP contribution in [0.4, 0.5) is 0 Å². The molecular formula is C13H20N2. The normalized spacial score (nSPS) is 12.4. The summed E-state index contributed by atoms with van der Waals surface area (Å²) >= 11 is 0. The summed E-state index contributed by atoms with van der Waals surface area (Å²) in [4.78, 5) is 0. The van der Waals surface area contributed by atoms with E-state index in [-0.39, 0.29) is 6.04 Å². The van der Waals surface area contributed by atoms with Crippen LogP contribution in [0.3, 0.4) is 0 Å². The molecule has 2 heteroatoms. The van der Waals surface area contributed by atoms with Crippen LogP contribution in [-0.2, 0) is 6.42 Å². The van der Waals surface area contributed by atoms with Gasteiger partial charge in [-0.05, 0) is 24.0 Å². The summed E-state index contributed by atoms with van der Waals surface area (Å²) in [5, 5.41) is 0. The molecule has 1 aromatic carbocycles. The summed E-state index contributed by atoms with van der Waals surface area (Å²) in [5.41, 5.74) is 5.43. The van der Waals surface area contributed by atoms with Crippen LogP contribution in [0.2, 0.25) is 0 Å². The molecule has 0 amide bonds. The van der Waals surface area contributed by atoms with Crippen LogP contribution in [0.15, 0.2) is 36.9 Å². The zero-order valence-corrected chi connectivity index (χ0v) is 9.37. The van der Waals surface area contributed by atoms with Crippen molar-refractivity contribution in [1.82, 2.24) is 5.43 Å². The van der Waals surface area contributed by atoms with Crippen molar-refractivity contribution in [1.29, 1.82) is 0 Å². The van der Waals surface area contributed by atoms with Gasteiger partial charge in [0.15, 0.2) is 0 Å². The Bertz CT molecular complexity index is 307. The van der Waals surface area contributed by atoms with Crippen molar-refractivity contribution >= 4 is 0 Å². The zero-order chi connectivity index (χ0) is 11.1. The first-order chi connectivity index (χ1) is 7.31. The monoisotopic (exact) mass is 204 g/mol. The molecule has 0 bridgehead atoms. The Morgan fingerprint density at radius 2 is 2.33 bits per heavy atom. The van der Waals surface area contributed by atoms with E-state index in [1.807, 2.05) is 6.08 Å². The van der Waals surface area contributed by atoms with Crippen LogP contribution in [0.1, 0.15) is 36.9 Å². The first-order valence-corrected chi connectivity index (χ1v) is 5.47. The first kappa shape index (κ1) is 12.0. The minimum absolute atomic E-state index is 0.180. The van der Waals surface area contributed by atoms with E-state index in [9.17, 15) is 0 Å². The molecule has 0 saturated heterocycles. The number of benzene rings is 1. The van der Waals surface area contributed by atoms with Gasteiger partial charge in [0, 0.05) is 6.04 Å². The lowest BCUT2D eigenvalue weighted by atomic mass is 10.00. The molecule has 1 aromatic rings. The lowest BCUT2D eigenvalue weighted by Gasteiger charge is -2.15. The largest absolute Gasteiger partial charge is 0.271 e. The molecule has 0 heterocycles. The Kier molecular flexibility index (Phi) is 5.08. The van der Waals surface area contributed by atoms with Gasteiger partial charge in [0.2, 0.25) is 0 Å². The van der Waals surface area contributed by atoms with Crippen molar-refractivity contribution in [2.24, 2.45) is 5.84 Å². The van der Waals surface area contributed by atoms with Gasteiger partial charge in [-0.15, -0.1) is 6.58 Å². The molecule has 0 spiro atoms. The van der Waals surface area contributed by atoms with Gasteiger partial charge in [0.05, 0.1) is 0 Å². The fourth-order valence-electron chi connectivity index (χ4n) is 1.72.